The molecule has 0 unspecified atom stereocenters. The fourth-order valence-electron chi connectivity index (χ4n) is 5.12. The molecular weight excluding hydrogens is 432 g/mol. The van der Waals surface area contributed by atoms with Gasteiger partial charge in [0.15, 0.2) is 11.5 Å². The number of hydrogen-bond acceptors (Lipinski definition) is 5. The summed E-state index contributed by atoms with van der Waals surface area (Å²) in [6.45, 7) is 0.580. The topological polar surface area (TPSA) is 68.3 Å². The van der Waals surface area contributed by atoms with E-state index in [1.54, 1.807) is 26.2 Å². The summed E-state index contributed by atoms with van der Waals surface area (Å²) in [6, 6.07) is 12.7. The van der Waals surface area contributed by atoms with Crippen LogP contribution in [0.4, 0.5) is 0 Å². The summed E-state index contributed by atoms with van der Waals surface area (Å²) < 4.78 is 16.2. The number of hydrogen-bond donors (Lipinski definition) is 0. The monoisotopic (exact) mass is 466 g/mol. The van der Waals surface area contributed by atoms with E-state index in [1.165, 1.54) is 6.42 Å². The fraction of sp³-hybridized carbons (Fsp3) is 0.481. The molecule has 0 N–H and O–H groups in total. The van der Waals surface area contributed by atoms with Gasteiger partial charge in [0.25, 0.3) is 5.91 Å². The van der Waals surface area contributed by atoms with Gasteiger partial charge in [-0.2, -0.15) is 0 Å². The summed E-state index contributed by atoms with van der Waals surface area (Å²) in [5, 5.41) is 0. The number of ether oxygens (including phenoxy) is 3. The van der Waals surface area contributed by atoms with E-state index in [0.29, 0.717) is 30.2 Å². The van der Waals surface area contributed by atoms with Crippen LogP contribution in [0.25, 0.3) is 0 Å². The third-order valence-corrected chi connectivity index (χ3v) is 6.97. The second kappa shape index (κ2) is 10.8. The summed E-state index contributed by atoms with van der Waals surface area (Å²) in [5.74, 6) is 1.97. The van der Waals surface area contributed by atoms with Gasteiger partial charge in [0.05, 0.1) is 21.3 Å². The molecule has 34 heavy (non-hydrogen) atoms. The van der Waals surface area contributed by atoms with E-state index in [1.807, 2.05) is 47.4 Å². The highest BCUT2D eigenvalue weighted by molar-refractivity contribution is 5.96. The van der Waals surface area contributed by atoms with Crippen molar-refractivity contribution in [1.82, 2.24) is 9.80 Å². The summed E-state index contributed by atoms with van der Waals surface area (Å²) in [6.07, 6.45) is 5.95. The first-order valence-electron chi connectivity index (χ1n) is 12.0. The Kier molecular flexibility index (Phi) is 7.60. The molecule has 1 heterocycles. The highest BCUT2D eigenvalue weighted by atomic mass is 16.5. The zero-order valence-corrected chi connectivity index (χ0v) is 20.3. The van der Waals surface area contributed by atoms with Crippen molar-refractivity contribution in [2.45, 2.75) is 50.6 Å². The zero-order chi connectivity index (χ0) is 24.1. The van der Waals surface area contributed by atoms with Gasteiger partial charge in [0, 0.05) is 12.6 Å². The van der Waals surface area contributed by atoms with Crippen molar-refractivity contribution in [2.75, 3.05) is 34.4 Å². The maximum Gasteiger partial charge on any atom is 0.250 e. The van der Waals surface area contributed by atoms with Gasteiger partial charge in [0.1, 0.15) is 18.3 Å². The van der Waals surface area contributed by atoms with E-state index in [2.05, 4.69) is 0 Å². The SMILES string of the molecule is COc1cccc([C@H]2C(=O)N(C3CCCCC3)CC(=O)N2CCc2ccc(OC)c(OC)c2)c1. The molecule has 1 saturated heterocycles. The molecule has 1 saturated carbocycles. The lowest BCUT2D eigenvalue weighted by atomic mass is 9.91. The molecule has 4 rings (SSSR count). The van der Waals surface area contributed by atoms with Crippen molar-refractivity contribution in [3.8, 4) is 17.2 Å². The van der Waals surface area contributed by atoms with Crippen LogP contribution in [-0.4, -0.2) is 62.1 Å². The quantitative estimate of drug-likeness (QED) is 0.588. The Bertz CT molecular complexity index is 1020. The van der Waals surface area contributed by atoms with Crippen LogP contribution in [0.1, 0.15) is 49.3 Å². The van der Waals surface area contributed by atoms with E-state index in [9.17, 15) is 9.59 Å². The second-order valence-electron chi connectivity index (χ2n) is 8.96. The average molecular weight is 467 g/mol. The maximum absolute atomic E-state index is 13.8. The molecule has 2 aromatic carbocycles. The van der Waals surface area contributed by atoms with Crippen LogP contribution >= 0.6 is 0 Å². The normalized spacial score (nSPS) is 19.3. The van der Waals surface area contributed by atoms with Crippen LogP contribution in [-0.2, 0) is 16.0 Å². The van der Waals surface area contributed by atoms with Gasteiger partial charge >= 0.3 is 0 Å². The molecule has 0 bridgehead atoms. The van der Waals surface area contributed by atoms with Gasteiger partial charge < -0.3 is 24.0 Å². The van der Waals surface area contributed by atoms with Gasteiger partial charge in [-0.25, -0.2) is 0 Å². The lowest BCUT2D eigenvalue weighted by Crippen LogP contribution is -2.58. The van der Waals surface area contributed by atoms with Crippen molar-refractivity contribution in [3.05, 3.63) is 53.6 Å². The Morgan fingerprint density at radius 2 is 1.65 bits per heavy atom. The van der Waals surface area contributed by atoms with Crippen LogP contribution in [0, 0.1) is 0 Å². The number of benzene rings is 2. The molecular formula is C27H34N2O5. The predicted octanol–water partition coefficient (Wildman–Crippen LogP) is 4.00. The van der Waals surface area contributed by atoms with E-state index < -0.39 is 6.04 Å². The van der Waals surface area contributed by atoms with Crippen LogP contribution in [0.3, 0.4) is 0 Å². The Hall–Kier alpha value is -3.22. The average Bonchev–Trinajstić information content (AvgIpc) is 2.89. The van der Waals surface area contributed by atoms with Crippen LogP contribution in [0.5, 0.6) is 17.2 Å². The molecule has 1 aliphatic carbocycles. The van der Waals surface area contributed by atoms with Crippen molar-refractivity contribution in [2.24, 2.45) is 0 Å². The van der Waals surface area contributed by atoms with Crippen molar-refractivity contribution >= 4 is 11.8 Å². The predicted molar refractivity (Wildman–Crippen MR) is 129 cm³/mol. The van der Waals surface area contributed by atoms with Crippen LogP contribution in [0.15, 0.2) is 42.5 Å². The summed E-state index contributed by atoms with van der Waals surface area (Å²) in [5.41, 5.74) is 1.79. The molecule has 182 valence electrons. The fourth-order valence-corrected chi connectivity index (χ4v) is 5.12. The van der Waals surface area contributed by atoms with Gasteiger partial charge in [-0.15, -0.1) is 0 Å². The first-order valence-corrected chi connectivity index (χ1v) is 12.0. The van der Waals surface area contributed by atoms with E-state index >= 15 is 0 Å². The molecule has 7 heteroatoms. The smallest absolute Gasteiger partial charge is 0.250 e. The van der Waals surface area contributed by atoms with Crippen molar-refractivity contribution < 1.29 is 23.8 Å². The zero-order valence-electron chi connectivity index (χ0n) is 20.3. The van der Waals surface area contributed by atoms with E-state index in [0.717, 1.165) is 36.8 Å². The third-order valence-electron chi connectivity index (χ3n) is 6.97. The van der Waals surface area contributed by atoms with Crippen molar-refractivity contribution in [3.63, 3.8) is 0 Å². The highest BCUT2D eigenvalue weighted by Crippen LogP contribution is 2.34. The lowest BCUT2D eigenvalue weighted by molar-refractivity contribution is -0.159. The van der Waals surface area contributed by atoms with Gasteiger partial charge in [-0.1, -0.05) is 37.5 Å². The highest BCUT2D eigenvalue weighted by Gasteiger charge is 2.42. The van der Waals surface area contributed by atoms with Crippen LogP contribution in [0.2, 0.25) is 0 Å². The summed E-state index contributed by atoms with van der Waals surface area (Å²) in [7, 11) is 4.82. The number of amides is 2. The van der Waals surface area contributed by atoms with Crippen LogP contribution < -0.4 is 14.2 Å². The number of nitrogens with zero attached hydrogens (tertiary/aromatic N) is 2. The van der Waals surface area contributed by atoms with Crippen molar-refractivity contribution in [1.29, 1.82) is 0 Å². The first kappa shape index (κ1) is 23.9. The number of piperazine rings is 1. The minimum absolute atomic E-state index is 0.00654. The maximum atomic E-state index is 13.8. The van der Waals surface area contributed by atoms with E-state index in [-0.39, 0.29) is 24.4 Å². The first-order chi connectivity index (χ1) is 16.5. The minimum Gasteiger partial charge on any atom is -0.497 e. The largest absolute Gasteiger partial charge is 0.497 e. The molecule has 2 aliphatic rings. The second-order valence-corrected chi connectivity index (χ2v) is 8.96. The number of carbonyl (C=O) groups is 2. The lowest BCUT2D eigenvalue weighted by Gasteiger charge is -2.44. The van der Waals surface area contributed by atoms with Gasteiger partial charge in [-0.3, -0.25) is 9.59 Å². The molecule has 2 fully saturated rings. The Morgan fingerprint density at radius 1 is 0.882 bits per heavy atom. The number of carbonyl (C=O) groups excluding carboxylic acids is 2. The number of rotatable bonds is 8. The molecule has 1 atom stereocenters. The molecule has 0 spiro atoms. The number of methoxy groups -OCH3 is 3. The van der Waals surface area contributed by atoms with Gasteiger partial charge in [0.2, 0.25) is 5.91 Å². The summed E-state index contributed by atoms with van der Waals surface area (Å²) >= 11 is 0. The third kappa shape index (κ3) is 4.98. The van der Waals surface area contributed by atoms with E-state index in [4.69, 9.17) is 14.2 Å². The molecule has 7 nitrogen and oxygen atoms in total. The molecule has 0 radical (unpaired) electrons. The standard InChI is InChI=1S/C27H34N2O5/c1-32-22-11-7-8-20(17-22)26-27(31)29(21-9-5-4-6-10-21)18-25(30)28(26)15-14-19-12-13-23(33-2)24(16-19)34-3/h7-8,11-13,16-17,21,26H,4-6,9-10,14-15,18H2,1-3H3/t26-/m0/s1. The molecule has 1 aliphatic heterocycles. The Morgan fingerprint density at radius 3 is 2.35 bits per heavy atom. The van der Waals surface area contributed by atoms with Gasteiger partial charge in [-0.05, 0) is 54.7 Å². The molecule has 2 amide bonds. The minimum atomic E-state index is -0.654. The Labute approximate surface area is 201 Å². The molecule has 0 aromatic heterocycles. The Balaban J connectivity index is 1.61. The molecule has 2 aromatic rings. The summed E-state index contributed by atoms with van der Waals surface area (Å²) in [4.78, 5) is 30.8.